The Morgan fingerprint density at radius 2 is 0.767 bits per heavy atom. The first-order chi connectivity index (χ1) is 13.5. The number of hydrogen-bond acceptors (Lipinski definition) is 0. The summed E-state index contributed by atoms with van der Waals surface area (Å²) in [6.07, 6.45) is 1.18. The zero-order chi connectivity index (χ0) is 23.7. The molecule has 0 aromatic heterocycles. The third kappa shape index (κ3) is 4.47. The lowest BCUT2D eigenvalue weighted by atomic mass is 9.75. The van der Waals surface area contributed by atoms with E-state index in [1.165, 1.54) is 0 Å². The van der Waals surface area contributed by atoms with Gasteiger partial charge in [-0.15, -0.1) is 0 Å². The Labute approximate surface area is 173 Å². The molecule has 0 amide bonds. The van der Waals surface area contributed by atoms with Crippen molar-refractivity contribution in [3.8, 4) is 0 Å². The maximum atomic E-state index is 15.0. The largest absolute Gasteiger partial charge is 0.284 e. The predicted octanol–water partition coefficient (Wildman–Crippen LogP) is 8.86. The standard InChI is InChI=1S/C22H30F8/c1-7-9-11-19(3,4)21(27,28)13-15(23)17(25)14(18(26)16(13)24)22(29,30)20(5,6)12-10-8-2/h7-12H2,1-6H3. The van der Waals surface area contributed by atoms with Crippen molar-refractivity contribution in [2.45, 2.75) is 91.9 Å². The highest BCUT2D eigenvalue weighted by atomic mass is 19.3. The van der Waals surface area contributed by atoms with Crippen molar-refractivity contribution >= 4 is 0 Å². The third-order valence-electron chi connectivity index (χ3n) is 5.90. The predicted molar refractivity (Wildman–Crippen MR) is 101 cm³/mol. The summed E-state index contributed by atoms with van der Waals surface area (Å²) >= 11 is 0. The van der Waals surface area contributed by atoms with E-state index in [0.29, 0.717) is 12.8 Å². The van der Waals surface area contributed by atoms with Gasteiger partial charge in [-0.2, -0.15) is 0 Å². The Balaban J connectivity index is 3.73. The van der Waals surface area contributed by atoms with Crippen molar-refractivity contribution < 1.29 is 35.1 Å². The molecule has 1 rings (SSSR count). The summed E-state index contributed by atoms with van der Waals surface area (Å²) in [4.78, 5) is 0. The molecule has 0 aliphatic carbocycles. The highest BCUT2D eigenvalue weighted by molar-refractivity contribution is 5.37. The van der Waals surface area contributed by atoms with Gasteiger partial charge in [-0.1, -0.05) is 67.2 Å². The first kappa shape index (κ1) is 26.7. The van der Waals surface area contributed by atoms with Crippen molar-refractivity contribution in [3.05, 3.63) is 34.4 Å². The molecule has 1 aromatic carbocycles. The van der Waals surface area contributed by atoms with Crippen LogP contribution in [0.15, 0.2) is 0 Å². The normalized spacial score (nSPS) is 13.8. The molecule has 0 radical (unpaired) electrons. The van der Waals surface area contributed by atoms with Crippen LogP contribution in [0.1, 0.15) is 91.2 Å². The molecule has 1 aromatic rings. The molecule has 0 aliphatic rings. The van der Waals surface area contributed by atoms with Crippen LogP contribution in [0, 0.1) is 34.1 Å². The summed E-state index contributed by atoms with van der Waals surface area (Å²) in [7, 11) is 0. The van der Waals surface area contributed by atoms with Gasteiger partial charge in [-0.3, -0.25) is 0 Å². The zero-order valence-electron chi connectivity index (χ0n) is 18.3. The maximum absolute atomic E-state index is 15.0. The lowest BCUT2D eigenvalue weighted by molar-refractivity contribution is -0.129. The van der Waals surface area contributed by atoms with Crippen molar-refractivity contribution in [1.82, 2.24) is 0 Å². The van der Waals surface area contributed by atoms with Crippen LogP contribution in [0.25, 0.3) is 0 Å². The summed E-state index contributed by atoms with van der Waals surface area (Å²) in [6.45, 7) is 7.46. The van der Waals surface area contributed by atoms with Gasteiger partial charge in [0.2, 0.25) is 0 Å². The van der Waals surface area contributed by atoms with Gasteiger partial charge >= 0.3 is 0 Å². The lowest BCUT2D eigenvalue weighted by Crippen LogP contribution is -2.39. The molecule has 0 N–H and O–H groups in total. The van der Waals surface area contributed by atoms with Crippen LogP contribution in [0.2, 0.25) is 0 Å². The molecule has 0 bridgehead atoms. The number of rotatable bonds is 10. The van der Waals surface area contributed by atoms with Crippen molar-refractivity contribution in [1.29, 1.82) is 0 Å². The number of alkyl halides is 4. The number of benzene rings is 1. The monoisotopic (exact) mass is 446 g/mol. The Bertz CT molecular complexity index is 658. The second-order valence-corrected chi connectivity index (χ2v) is 9.13. The Hall–Kier alpha value is -1.34. The van der Waals surface area contributed by atoms with Crippen LogP contribution >= 0.6 is 0 Å². The van der Waals surface area contributed by atoms with Crippen LogP contribution in [0.3, 0.4) is 0 Å². The molecule has 0 atom stereocenters. The third-order valence-corrected chi connectivity index (χ3v) is 5.90. The van der Waals surface area contributed by atoms with Crippen LogP contribution < -0.4 is 0 Å². The van der Waals surface area contributed by atoms with Gasteiger partial charge in [0.05, 0.1) is 11.1 Å². The highest BCUT2D eigenvalue weighted by Gasteiger charge is 2.56. The summed E-state index contributed by atoms with van der Waals surface area (Å²) in [5.74, 6) is -18.6. The van der Waals surface area contributed by atoms with Crippen molar-refractivity contribution in [3.63, 3.8) is 0 Å². The summed E-state index contributed by atoms with van der Waals surface area (Å²) in [5.41, 5.74) is -8.42. The molecular formula is C22H30F8. The second-order valence-electron chi connectivity index (χ2n) is 9.13. The summed E-state index contributed by atoms with van der Waals surface area (Å²) in [5, 5.41) is 0. The number of hydrogen-bond donors (Lipinski definition) is 0. The molecule has 0 unspecified atom stereocenters. The first-order valence-corrected chi connectivity index (χ1v) is 10.1. The molecule has 0 spiro atoms. The lowest BCUT2D eigenvalue weighted by Gasteiger charge is -2.37. The van der Waals surface area contributed by atoms with E-state index in [1.54, 1.807) is 13.8 Å². The van der Waals surface area contributed by atoms with Gasteiger partial charge in [0, 0.05) is 10.8 Å². The molecule has 0 fully saturated rings. The average molecular weight is 446 g/mol. The van der Waals surface area contributed by atoms with Gasteiger partial charge in [0.15, 0.2) is 23.3 Å². The van der Waals surface area contributed by atoms with Gasteiger partial charge < -0.3 is 0 Å². The van der Waals surface area contributed by atoms with E-state index in [2.05, 4.69) is 0 Å². The Kier molecular flexibility index (Phi) is 8.04. The molecule has 30 heavy (non-hydrogen) atoms. The van der Waals surface area contributed by atoms with E-state index in [-0.39, 0.29) is 25.7 Å². The molecule has 0 saturated carbocycles. The van der Waals surface area contributed by atoms with Gasteiger partial charge in [0.1, 0.15) is 0 Å². The molecule has 8 heteroatoms. The fourth-order valence-corrected chi connectivity index (χ4v) is 3.41. The quantitative estimate of drug-likeness (QED) is 0.249. The summed E-state index contributed by atoms with van der Waals surface area (Å²) in [6, 6.07) is 0. The molecule has 174 valence electrons. The van der Waals surface area contributed by atoms with Crippen LogP contribution in [0.4, 0.5) is 35.1 Å². The number of halogens is 8. The summed E-state index contributed by atoms with van der Waals surface area (Å²) < 4.78 is 118. The van der Waals surface area contributed by atoms with Crippen LogP contribution in [0.5, 0.6) is 0 Å². The van der Waals surface area contributed by atoms with Crippen LogP contribution in [-0.4, -0.2) is 0 Å². The van der Waals surface area contributed by atoms with Crippen molar-refractivity contribution in [2.75, 3.05) is 0 Å². The molecule has 0 saturated heterocycles. The highest BCUT2D eigenvalue weighted by Crippen LogP contribution is 2.54. The topological polar surface area (TPSA) is 0 Å². The first-order valence-electron chi connectivity index (χ1n) is 10.1. The molecular weight excluding hydrogens is 416 g/mol. The average Bonchev–Trinajstić information content (AvgIpc) is 2.62. The van der Waals surface area contributed by atoms with Crippen molar-refractivity contribution in [2.24, 2.45) is 10.8 Å². The van der Waals surface area contributed by atoms with E-state index in [1.807, 2.05) is 0 Å². The smallest absolute Gasteiger partial charge is 0.203 e. The fraction of sp³-hybridized carbons (Fsp3) is 0.727. The minimum Gasteiger partial charge on any atom is -0.203 e. The SMILES string of the molecule is CCCCC(C)(C)C(F)(F)c1c(F)c(F)c(C(F)(F)C(C)(C)CCCC)c(F)c1F. The molecule has 0 aliphatic heterocycles. The van der Waals surface area contributed by atoms with E-state index >= 15 is 0 Å². The minimum absolute atomic E-state index is 0.194. The Morgan fingerprint density at radius 1 is 0.533 bits per heavy atom. The molecule has 0 nitrogen and oxygen atoms in total. The maximum Gasteiger partial charge on any atom is 0.284 e. The fourth-order valence-electron chi connectivity index (χ4n) is 3.41. The van der Waals surface area contributed by atoms with E-state index in [9.17, 15) is 35.1 Å². The van der Waals surface area contributed by atoms with Crippen LogP contribution in [-0.2, 0) is 11.8 Å². The number of unbranched alkanes of at least 4 members (excludes halogenated alkanes) is 2. The molecule has 0 heterocycles. The van der Waals surface area contributed by atoms with Gasteiger partial charge in [-0.25, -0.2) is 35.1 Å². The minimum atomic E-state index is -4.33. The van der Waals surface area contributed by atoms with E-state index in [4.69, 9.17) is 0 Å². The van der Waals surface area contributed by atoms with E-state index < -0.39 is 57.1 Å². The van der Waals surface area contributed by atoms with Gasteiger partial charge in [0.25, 0.3) is 11.8 Å². The Morgan fingerprint density at radius 3 is 0.967 bits per heavy atom. The second kappa shape index (κ2) is 9.03. The zero-order valence-corrected chi connectivity index (χ0v) is 18.3. The van der Waals surface area contributed by atoms with E-state index in [0.717, 1.165) is 27.7 Å². The van der Waals surface area contributed by atoms with Gasteiger partial charge in [-0.05, 0) is 12.8 Å².